The van der Waals surface area contributed by atoms with Crippen molar-refractivity contribution in [1.29, 1.82) is 0 Å². The number of amides is 2. The molecule has 0 aliphatic carbocycles. The van der Waals surface area contributed by atoms with Crippen LogP contribution in [0.2, 0.25) is 0 Å². The number of ether oxygens (including phenoxy) is 3. The minimum atomic E-state index is -0.570. The summed E-state index contributed by atoms with van der Waals surface area (Å²) in [5.41, 5.74) is 1.36. The smallest absolute Gasteiger partial charge is 0.260 e. The predicted molar refractivity (Wildman–Crippen MR) is 113 cm³/mol. The number of hydrogen-bond donors (Lipinski definition) is 1. The van der Waals surface area contributed by atoms with Crippen molar-refractivity contribution in [2.45, 2.75) is 56.4 Å². The van der Waals surface area contributed by atoms with Gasteiger partial charge in [-0.05, 0) is 40.2 Å². The lowest BCUT2D eigenvalue weighted by Crippen LogP contribution is -2.52. The maximum absolute atomic E-state index is 13.4. The summed E-state index contributed by atoms with van der Waals surface area (Å²) in [5, 5.41) is 2.77. The van der Waals surface area contributed by atoms with Crippen LogP contribution in [0.5, 0.6) is 11.5 Å². The van der Waals surface area contributed by atoms with Crippen LogP contribution in [-0.2, 0) is 9.53 Å². The van der Waals surface area contributed by atoms with E-state index >= 15 is 0 Å². The molecule has 0 unspecified atom stereocenters. The molecule has 1 N–H and O–H groups in total. The Morgan fingerprint density at radius 1 is 1.28 bits per heavy atom. The molecule has 0 bridgehead atoms. The summed E-state index contributed by atoms with van der Waals surface area (Å²) in [5.74, 6) is 0.604. The molecule has 7 nitrogen and oxygen atoms in total. The number of nitrogens with zero attached hydrogens (tertiary/aromatic N) is 1. The molecule has 1 aromatic rings. The molecule has 2 heterocycles. The van der Waals surface area contributed by atoms with E-state index in [1.54, 1.807) is 23.8 Å². The SMILES string of the molecule is COc1ccc2c(c1OC)C(=O)N1[C@@H]2SC(C)(C)[C@H]1C(=O)NCCCOC(C)C. The van der Waals surface area contributed by atoms with Gasteiger partial charge in [-0.2, -0.15) is 0 Å². The van der Waals surface area contributed by atoms with Crippen LogP contribution < -0.4 is 14.8 Å². The minimum Gasteiger partial charge on any atom is -0.493 e. The first-order valence-corrected chi connectivity index (χ1v) is 10.8. The Balaban J connectivity index is 1.81. The number of fused-ring (bicyclic) bond motifs is 3. The van der Waals surface area contributed by atoms with Crippen molar-refractivity contribution in [3.05, 3.63) is 23.3 Å². The molecule has 3 rings (SSSR count). The molecule has 1 aromatic carbocycles. The number of methoxy groups -OCH3 is 2. The van der Waals surface area contributed by atoms with E-state index in [9.17, 15) is 9.59 Å². The summed E-state index contributed by atoms with van der Waals surface area (Å²) in [4.78, 5) is 28.1. The normalized spacial score (nSPS) is 21.9. The fourth-order valence-corrected chi connectivity index (χ4v) is 5.53. The van der Waals surface area contributed by atoms with Gasteiger partial charge in [0.1, 0.15) is 11.4 Å². The van der Waals surface area contributed by atoms with Gasteiger partial charge in [-0.15, -0.1) is 11.8 Å². The highest BCUT2D eigenvalue weighted by molar-refractivity contribution is 8.01. The summed E-state index contributed by atoms with van der Waals surface area (Å²) in [6.07, 6.45) is 0.900. The third kappa shape index (κ3) is 3.92. The van der Waals surface area contributed by atoms with Crippen LogP contribution in [0.3, 0.4) is 0 Å². The second-order valence-electron chi connectivity index (χ2n) is 8.02. The zero-order valence-corrected chi connectivity index (χ0v) is 18.7. The lowest BCUT2D eigenvalue weighted by atomic mass is 10.0. The van der Waals surface area contributed by atoms with E-state index in [2.05, 4.69) is 5.32 Å². The number of carbonyl (C=O) groups is 2. The molecule has 0 spiro atoms. The number of hydrogen-bond acceptors (Lipinski definition) is 6. The molecule has 160 valence electrons. The van der Waals surface area contributed by atoms with Crippen LogP contribution in [0.15, 0.2) is 12.1 Å². The van der Waals surface area contributed by atoms with Gasteiger partial charge in [0, 0.05) is 23.5 Å². The minimum absolute atomic E-state index is 0.137. The Hall–Kier alpha value is -1.93. The molecule has 29 heavy (non-hydrogen) atoms. The van der Waals surface area contributed by atoms with Gasteiger partial charge in [-0.3, -0.25) is 9.59 Å². The first-order valence-electron chi connectivity index (χ1n) is 9.87. The van der Waals surface area contributed by atoms with E-state index < -0.39 is 10.8 Å². The van der Waals surface area contributed by atoms with Crippen molar-refractivity contribution in [2.75, 3.05) is 27.4 Å². The Kier molecular flexibility index (Phi) is 6.33. The first-order chi connectivity index (χ1) is 13.7. The van der Waals surface area contributed by atoms with Crippen molar-refractivity contribution in [3.8, 4) is 11.5 Å². The fourth-order valence-electron chi connectivity index (χ4n) is 3.96. The Labute approximate surface area is 176 Å². The van der Waals surface area contributed by atoms with Gasteiger partial charge in [0.2, 0.25) is 5.91 Å². The highest BCUT2D eigenvalue weighted by atomic mass is 32.2. The Morgan fingerprint density at radius 3 is 2.62 bits per heavy atom. The van der Waals surface area contributed by atoms with Crippen LogP contribution in [0.25, 0.3) is 0 Å². The average molecular weight is 423 g/mol. The van der Waals surface area contributed by atoms with Gasteiger partial charge in [-0.1, -0.05) is 6.07 Å². The van der Waals surface area contributed by atoms with E-state index in [1.165, 1.54) is 7.11 Å². The summed E-state index contributed by atoms with van der Waals surface area (Å²) in [6, 6.07) is 3.13. The molecule has 2 atom stereocenters. The molecule has 0 saturated carbocycles. The summed E-state index contributed by atoms with van der Waals surface area (Å²) in [7, 11) is 3.07. The maximum Gasteiger partial charge on any atom is 0.260 e. The second kappa shape index (κ2) is 8.44. The number of thioether (sulfide) groups is 1. The van der Waals surface area contributed by atoms with Gasteiger partial charge in [0.05, 0.1) is 25.9 Å². The van der Waals surface area contributed by atoms with Gasteiger partial charge in [-0.25, -0.2) is 0 Å². The molecular weight excluding hydrogens is 392 g/mol. The molecule has 2 aliphatic heterocycles. The standard InChI is InChI=1S/C21H30N2O5S/c1-12(2)28-11-7-10-22-18(24)17-21(3,4)29-20-13-8-9-14(26-5)16(27-6)15(13)19(25)23(17)20/h8-9,12,17,20H,7,10-11H2,1-6H3,(H,22,24)/t17-,20-/m1/s1. The maximum atomic E-state index is 13.4. The van der Waals surface area contributed by atoms with Crippen LogP contribution in [0, 0.1) is 0 Å². The van der Waals surface area contributed by atoms with Gasteiger partial charge in [0.25, 0.3) is 5.91 Å². The van der Waals surface area contributed by atoms with E-state index in [0.29, 0.717) is 30.2 Å². The monoisotopic (exact) mass is 422 g/mol. The number of benzene rings is 1. The predicted octanol–water partition coefficient (Wildman–Crippen LogP) is 2.98. The van der Waals surface area contributed by atoms with Crippen molar-refractivity contribution >= 4 is 23.6 Å². The van der Waals surface area contributed by atoms with E-state index in [-0.39, 0.29) is 23.3 Å². The summed E-state index contributed by atoms with van der Waals surface area (Å²) in [6.45, 7) is 9.09. The third-order valence-electron chi connectivity index (χ3n) is 5.22. The van der Waals surface area contributed by atoms with Gasteiger partial charge >= 0.3 is 0 Å². The van der Waals surface area contributed by atoms with E-state index in [0.717, 1.165) is 12.0 Å². The average Bonchev–Trinajstić information content (AvgIpc) is 3.09. The third-order valence-corrected chi connectivity index (χ3v) is 6.75. The van der Waals surface area contributed by atoms with Crippen LogP contribution in [0.1, 0.15) is 55.4 Å². The number of carbonyl (C=O) groups excluding carboxylic acids is 2. The fraction of sp³-hybridized carbons (Fsp3) is 0.619. The summed E-state index contributed by atoms with van der Waals surface area (Å²) < 4.78 is 15.9. The lowest BCUT2D eigenvalue weighted by molar-refractivity contribution is -0.126. The molecule has 0 aromatic heterocycles. The Morgan fingerprint density at radius 2 is 2.00 bits per heavy atom. The molecule has 2 amide bonds. The lowest BCUT2D eigenvalue weighted by Gasteiger charge is -2.29. The van der Waals surface area contributed by atoms with Crippen molar-refractivity contribution in [3.63, 3.8) is 0 Å². The first kappa shape index (κ1) is 21.8. The van der Waals surface area contributed by atoms with Crippen LogP contribution >= 0.6 is 11.8 Å². The molecule has 1 fully saturated rings. The molecular formula is C21H30N2O5S. The quantitative estimate of drug-likeness (QED) is 0.649. The largest absolute Gasteiger partial charge is 0.493 e. The van der Waals surface area contributed by atoms with Crippen molar-refractivity contribution in [1.82, 2.24) is 10.2 Å². The highest BCUT2D eigenvalue weighted by Gasteiger charge is 2.58. The molecule has 8 heteroatoms. The zero-order chi connectivity index (χ0) is 21.3. The van der Waals surface area contributed by atoms with Crippen molar-refractivity contribution in [2.24, 2.45) is 0 Å². The second-order valence-corrected chi connectivity index (χ2v) is 9.75. The molecule has 2 aliphatic rings. The molecule has 1 saturated heterocycles. The number of nitrogens with one attached hydrogen (secondary N) is 1. The highest BCUT2D eigenvalue weighted by Crippen LogP contribution is 2.58. The van der Waals surface area contributed by atoms with E-state index in [1.807, 2.05) is 39.8 Å². The molecule has 0 radical (unpaired) electrons. The zero-order valence-electron chi connectivity index (χ0n) is 17.9. The van der Waals surface area contributed by atoms with Crippen LogP contribution in [-0.4, -0.2) is 61.0 Å². The van der Waals surface area contributed by atoms with Crippen LogP contribution in [0.4, 0.5) is 0 Å². The Bertz CT molecular complexity index is 796. The van der Waals surface area contributed by atoms with E-state index in [4.69, 9.17) is 14.2 Å². The summed E-state index contributed by atoms with van der Waals surface area (Å²) >= 11 is 1.62. The topological polar surface area (TPSA) is 77.1 Å². The van der Waals surface area contributed by atoms with Gasteiger partial charge in [0.15, 0.2) is 11.5 Å². The van der Waals surface area contributed by atoms with Gasteiger partial charge < -0.3 is 24.4 Å². The number of rotatable bonds is 8. The van der Waals surface area contributed by atoms with Crippen molar-refractivity contribution < 1.29 is 23.8 Å².